The van der Waals surface area contributed by atoms with E-state index >= 15 is 0 Å². The minimum Gasteiger partial charge on any atom is -0.462 e. The van der Waals surface area contributed by atoms with Crippen LogP contribution in [0.2, 0.25) is 0 Å². The van der Waals surface area contributed by atoms with E-state index in [4.69, 9.17) is 0 Å². The molecule has 0 heterocycles. The van der Waals surface area contributed by atoms with Crippen LogP contribution in [-0.2, 0) is 9.53 Å². The van der Waals surface area contributed by atoms with Crippen molar-refractivity contribution in [3.8, 4) is 0 Å². The SMILES string of the molecule is CCOC(=O)C=NN(C)Br. The number of hydrogen-bond acceptors (Lipinski definition) is 4. The molecule has 58 valence electrons. The van der Waals surface area contributed by atoms with Crippen molar-refractivity contribution in [2.24, 2.45) is 5.10 Å². The van der Waals surface area contributed by atoms with Crippen molar-refractivity contribution < 1.29 is 9.53 Å². The fraction of sp³-hybridized carbons (Fsp3) is 0.600. The van der Waals surface area contributed by atoms with Crippen LogP contribution in [0.5, 0.6) is 0 Å². The summed E-state index contributed by atoms with van der Waals surface area (Å²) in [7, 11) is 1.65. The molecule has 0 atom stereocenters. The average Bonchev–Trinajstić information content (AvgIpc) is 1.85. The van der Waals surface area contributed by atoms with E-state index in [-0.39, 0.29) is 0 Å². The third-order valence-electron chi connectivity index (χ3n) is 0.609. The first-order valence-electron chi connectivity index (χ1n) is 2.77. The van der Waals surface area contributed by atoms with Crippen molar-refractivity contribution in [3.05, 3.63) is 0 Å². The standard InChI is InChI=1S/C5H9BrN2O2/c1-3-10-5(9)4-7-8(2)6/h4H,3H2,1-2H3. The first-order chi connectivity index (χ1) is 4.66. The number of carbonyl (C=O) groups excluding carboxylic acids is 1. The molecule has 0 saturated heterocycles. The van der Waals surface area contributed by atoms with Crippen molar-refractivity contribution in [1.29, 1.82) is 0 Å². The van der Waals surface area contributed by atoms with Crippen molar-refractivity contribution in [3.63, 3.8) is 0 Å². The molecule has 0 aromatic heterocycles. The van der Waals surface area contributed by atoms with E-state index in [9.17, 15) is 4.79 Å². The predicted octanol–water partition coefficient (Wildman–Crippen LogP) is 0.777. The normalized spacial score (nSPS) is 9.90. The number of rotatable bonds is 3. The summed E-state index contributed by atoms with van der Waals surface area (Å²) in [6.07, 6.45) is 1.10. The number of hydrogen-bond donors (Lipinski definition) is 0. The molecule has 0 aromatic carbocycles. The maximum Gasteiger partial charge on any atom is 0.351 e. The van der Waals surface area contributed by atoms with E-state index in [1.54, 1.807) is 14.0 Å². The van der Waals surface area contributed by atoms with E-state index < -0.39 is 5.97 Å². The molecule has 0 N–H and O–H groups in total. The molecule has 4 nitrogen and oxygen atoms in total. The molecular formula is C5H9BrN2O2. The highest BCUT2D eigenvalue weighted by Gasteiger charge is 1.93. The lowest BCUT2D eigenvalue weighted by Crippen LogP contribution is -2.07. The molecule has 0 fully saturated rings. The molecule has 10 heavy (non-hydrogen) atoms. The molecule has 0 rings (SSSR count). The maximum absolute atomic E-state index is 10.5. The van der Waals surface area contributed by atoms with Gasteiger partial charge >= 0.3 is 5.97 Å². The predicted molar refractivity (Wildman–Crippen MR) is 41.8 cm³/mol. The number of esters is 1. The van der Waals surface area contributed by atoms with Crippen LogP contribution in [0.4, 0.5) is 0 Å². The Balaban J connectivity index is 3.56. The molecule has 0 bridgehead atoms. The van der Waals surface area contributed by atoms with Gasteiger partial charge in [-0.1, -0.05) is 0 Å². The van der Waals surface area contributed by atoms with E-state index in [1.165, 1.54) is 4.03 Å². The molecule has 0 saturated carbocycles. The highest BCUT2D eigenvalue weighted by Crippen LogP contribution is 1.89. The zero-order chi connectivity index (χ0) is 7.98. The number of ether oxygens (including phenoxy) is 1. The Labute approximate surface area is 68.2 Å². The Hall–Kier alpha value is -0.580. The second-order valence-electron chi connectivity index (χ2n) is 1.44. The first-order valence-corrected chi connectivity index (χ1v) is 3.48. The molecule has 0 spiro atoms. The van der Waals surface area contributed by atoms with Crippen molar-refractivity contribution >= 4 is 28.3 Å². The Kier molecular flexibility index (Phi) is 4.92. The number of carbonyl (C=O) groups is 1. The summed E-state index contributed by atoms with van der Waals surface area (Å²) in [6.45, 7) is 2.11. The summed E-state index contributed by atoms with van der Waals surface area (Å²) in [4.78, 5) is 10.5. The molecule has 0 unspecified atom stereocenters. The van der Waals surface area contributed by atoms with E-state index in [2.05, 4.69) is 26.0 Å². The Morgan fingerprint density at radius 1 is 1.90 bits per heavy atom. The number of halogens is 1. The van der Waals surface area contributed by atoms with Crippen molar-refractivity contribution in [2.45, 2.75) is 6.92 Å². The van der Waals surface area contributed by atoms with Crippen LogP contribution in [0.25, 0.3) is 0 Å². The van der Waals surface area contributed by atoms with Crippen LogP contribution in [-0.4, -0.2) is 29.9 Å². The van der Waals surface area contributed by atoms with Gasteiger partial charge in [0.1, 0.15) is 6.21 Å². The Morgan fingerprint density at radius 3 is 2.90 bits per heavy atom. The summed E-state index contributed by atoms with van der Waals surface area (Å²) in [6, 6.07) is 0. The number of nitrogens with zero attached hydrogens (tertiary/aromatic N) is 2. The molecule has 0 aliphatic carbocycles. The van der Waals surface area contributed by atoms with Crippen LogP contribution in [0.1, 0.15) is 6.92 Å². The molecule has 0 aliphatic rings. The second kappa shape index (κ2) is 5.22. The van der Waals surface area contributed by atoms with Crippen LogP contribution in [0, 0.1) is 0 Å². The quantitative estimate of drug-likeness (QED) is 0.298. The van der Waals surface area contributed by atoms with Gasteiger partial charge in [0.15, 0.2) is 0 Å². The second-order valence-corrected chi connectivity index (χ2v) is 2.47. The summed E-state index contributed by atoms with van der Waals surface area (Å²) in [5.74, 6) is -0.436. The molecule has 0 radical (unpaired) electrons. The van der Waals surface area contributed by atoms with Crippen LogP contribution >= 0.6 is 16.1 Å². The van der Waals surface area contributed by atoms with Gasteiger partial charge in [0.05, 0.1) is 22.8 Å². The van der Waals surface area contributed by atoms with Gasteiger partial charge in [0.25, 0.3) is 0 Å². The smallest absolute Gasteiger partial charge is 0.351 e. The van der Waals surface area contributed by atoms with Gasteiger partial charge in [-0.25, -0.2) is 8.83 Å². The van der Waals surface area contributed by atoms with E-state index in [1.807, 2.05) is 0 Å². The minimum atomic E-state index is -0.436. The highest BCUT2D eigenvalue weighted by molar-refractivity contribution is 9.07. The zero-order valence-electron chi connectivity index (χ0n) is 5.87. The van der Waals surface area contributed by atoms with E-state index in [0.717, 1.165) is 6.21 Å². The van der Waals surface area contributed by atoms with Crippen LogP contribution in [0.3, 0.4) is 0 Å². The fourth-order valence-electron chi connectivity index (χ4n) is 0.306. The van der Waals surface area contributed by atoms with E-state index in [0.29, 0.717) is 6.61 Å². The molecule has 0 amide bonds. The lowest BCUT2D eigenvalue weighted by molar-refractivity contribution is -0.134. The Bertz CT molecular complexity index is 136. The lowest BCUT2D eigenvalue weighted by atomic mass is 10.7. The van der Waals surface area contributed by atoms with Gasteiger partial charge in [-0.15, -0.1) is 0 Å². The Morgan fingerprint density at radius 2 is 2.50 bits per heavy atom. The maximum atomic E-state index is 10.5. The number of hydrazone groups is 1. The molecule has 0 aliphatic heterocycles. The van der Waals surface area contributed by atoms with Gasteiger partial charge in [-0.2, -0.15) is 5.10 Å². The van der Waals surface area contributed by atoms with Gasteiger partial charge in [-0.05, 0) is 6.92 Å². The molecule has 0 aromatic rings. The lowest BCUT2D eigenvalue weighted by Gasteiger charge is -1.98. The van der Waals surface area contributed by atoms with Crippen molar-refractivity contribution in [2.75, 3.05) is 13.7 Å². The van der Waals surface area contributed by atoms with Crippen LogP contribution in [0.15, 0.2) is 5.10 Å². The third kappa shape index (κ3) is 5.55. The van der Waals surface area contributed by atoms with Gasteiger partial charge in [0.2, 0.25) is 0 Å². The summed E-state index contributed by atoms with van der Waals surface area (Å²) in [5, 5.41) is 3.59. The van der Waals surface area contributed by atoms with Gasteiger partial charge in [0, 0.05) is 7.05 Å². The van der Waals surface area contributed by atoms with Crippen molar-refractivity contribution in [1.82, 2.24) is 4.03 Å². The topological polar surface area (TPSA) is 41.9 Å². The van der Waals surface area contributed by atoms with Gasteiger partial charge in [-0.3, -0.25) is 0 Å². The molecule has 5 heteroatoms. The van der Waals surface area contributed by atoms with Crippen LogP contribution < -0.4 is 0 Å². The highest BCUT2D eigenvalue weighted by atomic mass is 79.9. The third-order valence-corrected chi connectivity index (χ3v) is 0.792. The minimum absolute atomic E-state index is 0.372. The fourth-order valence-corrected chi connectivity index (χ4v) is 0.398. The summed E-state index contributed by atoms with van der Waals surface area (Å²) >= 11 is 2.98. The zero-order valence-corrected chi connectivity index (χ0v) is 7.46. The summed E-state index contributed by atoms with van der Waals surface area (Å²) < 4.78 is 5.89. The monoisotopic (exact) mass is 208 g/mol. The van der Waals surface area contributed by atoms with Gasteiger partial charge < -0.3 is 4.74 Å². The molecular weight excluding hydrogens is 200 g/mol. The first kappa shape index (κ1) is 9.42. The summed E-state index contributed by atoms with van der Waals surface area (Å²) in [5.41, 5.74) is 0. The largest absolute Gasteiger partial charge is 0.462 e. The average molecular weight is 209 g/mol.